The van der Waals surface area contributed by atoms with Crippen molar-refractivity contribution < 1.29 is 18.9 Å². The molecule has 1 aliphatic rings. The Kier molecular flexibility index (Phi) is 13.4. The number of rotatable bonds is 12. The van der Waals surface area contributed by atoms with E-state index in [0.29, 0.717) is 72.0 Å². The minimum atomic E-state index is -0.255. The summed E-state index contributed by atoms with van der Waals surface area (Å²) in [4.78, 5) is 0. The molecule has 4 N–H and O–H groups in total. The quantitative estimate of drug-likeness (QED) is 0.0907. The van der Waals surface area contributed by atoms with Gasteiger partial charge in [-0.1, -0.05) is 152 Å². The van der Waals surface area contributed by atoms with Crippen LogP contribution in [0.5, 0.6) is 23.0 Å². The van der Waals surface area contributed by atoms with Crippen LogP contribution in [0.25, 0.3) is 0 Å². The third kappa shape index (κ3) is 11.3. The smallest absolute Gasteiger partial charge is 0.211 e. The molecule has 20 nitrogen and oxygen atoms in total. The van der Waals surface area contributed by atoms with Gasteiger partial charge in [-0.25, -0.2) is 0 Å². The van der Waals surface area contributed by atoms with Crippen LogP contribution in [0.2, 0.25) is 0 Å². The van der Waals surface area contributed by atoms with E-state index in [-0.39, 0.29) is 48.1 Å². The zero-order valence-electron chi connectivity index (χ0n) is 43.3. The van der Waals surface area contributed by atoms with Gasteiger partial charge in [0.1, 0.15) is 23.0 Å². The second-order valence-corrected chi connectivity index (χ2v) is 22.7. The fourth-order valence-electron chi connectivity index (χ4n) is 8.88. The van der Waals surface area contributed by atoms with Gasteiger partial charge >= 0.3 is 0 Å². The maximum atomic E-state index is 6.97. The Morgan fingerprint density at radius 1 is 0.319 bits per heavy atom. The Hall–Kier alpha value is -7.64. The Morgan fingerprint density at radius 2 is 0.500 bits per heavy atom. The van der Waals surface area contributed by atoms with Crippen molar-refractivity contribution in [3.63, 3.8) is 0 Å². The summed E-state index contributed by atoms with van der Waals surface area (Å²) in [5.41, 5.74) is 11.2. The van der Waals surface area contributed by atoms with Crippen molar-refractivity contribution in [2.45, 2.75) is 157 Å². The number of tetrazole rings is 4. The molecule has 376 valence electrons. The fraction of sp³-hybridized carbons (Fsp3) is 0.462. The number of nitrogens with one attached hydrogen (secondary N) is 4. The van der Waals surface area contributed by atoms with E-state index in [4.69, 9.17) is 18.9 Å². The summed E-state index contributed by atoms with van der Waals surface area (Å²) in [6.07, 6.45) is 1.72. The second-order valence-electron chi connectivity index (χ2n) is 22.7. The Bertz CT molecular complexity index is 2610. The van der Waals surface area contributed by atoms with Crippen molar-refractivity contribution in [3.8, 4) is 23.0 Å². The molecule has 4 heterocycles. The lowest BCUT2D eigenvalue weighted by atomic mass is 9.79. The summed E-state index contributed by atoms with van der Waals surface area (Å²) in [6.45, 7) is 27.1. The molecule has 0 aliphatic heterocycles. The number of aromatic amines is 4. The molecule has 4 aromatic heterocycles. The van der Waals surface area contributed by atoms with E-state index < -0.39 is 0 Å². The van der Waals surface area contributed by atoms with Crippen molar-refractivity contribution in [3.05, 3.63) is 139 Å². The Labute approximate surface area is 418 Å². The first-order valence-corrected chi connectivity index (χ1v) is 24.2. The zero-order valence-corrected chi connectivity index (χ0v) is 43.3. The molecule has 0 unspecified atom stereocenters. The molecule has 0 fully saturated rings. The number of hydrogen-bond acceptors (Lipinski definition) is 16. The molecule has 0 amide bonds. The van der Waals surface area contributed by atoms with Crippen molar-refractivity contribution in [1.29, 1.82) is 0 Å². The monoisotopic (exact) mass is 977 g/mol. The molecule has 0 radical (unpaired) electrons. The highest BCUT2D eigenvalue weighted by Gasteiger charge is 2.30. The van der Waals surface area contributed by atoms with Crippen LogP contribution in [0.3, 0.4) is 0 Å². The predicted molar refractivity (Wildman–Crippen MR) is 266 cm³/mol. The van der Waals surface area contributed by atoms with E-state index in [1.165, 1.54) is 0 Å². The number of H-pyrrole nitrogens is 4. The Morgan fingerprint density at radius 3 is 0.639 bits per heavy atom. The zero-order chi connectivity index (χ0) is 51.0. The third-order valence-electron chi connectivity index (χ3n) is 12.9. The van der Waals surface area contributed by atoms with E-state index in [1.807, 2.05) is 0 Å². The van der Waals surface area contributed by atoms with E-state index >= 15 is 0 Å². The molecule has 1 aliphatic carbocycles. The largest absolute Gasteiger partial charge is 0.485 e. The summed E-state index contributed by atoms with van der Waals surface area (Å²) < 4.78 is 27.9. The topological polar surface area (TPSA) is 255 Å². The molecule has 0 saturated carbocycles. The van der Waals surface area contributed by atoms with Crippen LogP contribution in [0.4, 0.5) is 0 Å². The SMILES string of the molecule is CC(C)(C)c1cc2c(OCc3nn[nH]n3)c(c1)Cc1cc(C(C)(C)C)cc(c1OCc1nn[nH]n1)Cc1cc(C(C)(C)C)cc(c1OCc1nn[nH]n1)Cc1cc(C(C)(C)C)cc(c1OCc1nn[nH]n1)C2. The highest BCUT2D eigenvalue weighted by Crippen LogP contribution is 2.45. The maximum absolute atomic E-state index is 6.97. The van der Waals surface area contributed by atoms with E-state index in [9.17, 15) is 0 Å². The molecule has 0 spiro atoms. The molecule has 72 heavy (non-hydrogen) atoms. The molecule has 8 bridgehead atoms. The lowest BCUT2D eigenvalue weighted by molar-refractivity contribution is 0.283. The third-order valence-corrected chi connectivity index (χ3v) is 12.9. The Balaban J connectivity index is 1.38. The molecule has 4 aromatic carbocycles. The predicted octanol–water partition coefficient (Wildman–Crippen LogP) is 7.92. The van der Waals surface area contributed by atoms with Gasteiger partial charge in [0.05, 0.1) is 0 Å². The first-order valence-electron chi connectivity index (χ1n) is 24.2. The van der Waals surface area contributed by atoms with Crippen LogP contribution < -0.4 is 18.9 Å². The highest BCUT2D eigenvalue weighted by atomic mass is 16.5. The van der Waals surface area contributed by atoms with Gasteiger partial charge in [0, 0.05) is 25.7 Å². The van der Waals surface area contributed by atoms with Gasteiger partial charge in [0.15, 0.2) is 26.4 Å². The van der Waals surface area contributed by atoms with E-state index in [2.05, 4.69) is 214 Å². The van der Waals surface area contributed by atoms with Crippen LogP contribution >= 0.6 is 0 Å². The first kappa shape index (κ1) is 49.3. The molecular weight excluding hydrogens is 913 g/mol. The number of benzene rings is 4. The molecular formula is C52H64N16O4. The van der Waals surface area contributed by atoms with Gasteiger partial charge in [0.25, 0.3) is 0 Å². The minimum absolute atomic E-state index is 0.0751. The number of aromatic nitrogens is 16. The van der Waals surface area contributed by atoms with Crippen molar-refractivity contribution in [2.75, 3.05) is 0 Å². The summed E-state index contributed by atoms with van der Waals surface area (Å²) in [5.74, 6) is 4.50. The summed E-state index contributed by atoms with van der Waals surface area (Å²) in [5, 5.41) is 59.9. The van der Waals surface area contributed by atoms with Crippen LogP contribution in [-0.2, 0) is 73.8 Å². The molecule has 0 atom stereocenters. The number of ether oxygens (including phenoxy) is 4. The van der Waals surface area contributed by atoms with Gasteiger partial charge in [-0.15, -0.1) is 40.8 Å². The van der Waals surface area contributed by atoms with Gasteiger partial charge in [0.2, 0.25) is 23.3 Å². The lowest BCUT2D eigenvalue weighted by Gasteiger charge is -2.29. The van der Waals surface area contributed by atoms with Crippen LogP contribution in [-0.4, -0.2) is 82.5 Å². The average Bonchev–Trinajstić information content (AvgIpc) is 4.16. The number of fused-ring (bicyclic) bond motifs is 8. The van der Waals surface area contributed by atoms with E-state index in [1.54, 1.807) is 0 Å². The highest BCUT2D eigenvalue weighted by molar-refractivity contribution is 5.60. The number of hydrogen-bond donors (Lipinski definition) is 4. The van der Waals surface area contributed by atoms with Gasteiger partial charge < -0.3 is 18.9 Å². The lowest BCUT2D eigenvalue weighted by Crippen LogP contribution is -2.18. The van der Waals surface area contributed by atoms with Crippen LogP contribution in [0, 0.1) is 0 Å². The normalized spacial score (nSPS) is 13.3. The molecule has 8 aromatic rings. The van der Waals surface area contributed by atoms with Gasteiger partial charge in [-0.2, -0.15) is 20.9 Å². The van der Waals surface area contributed by atoms with Gasteiger partial charge in [-0.3, -0.25) is 0 Å². The van der Waals surface area contributed by atoms with Crippen molar-refractivity contribution in [1.82, 2.24) is 82.5 Å². The number of nitrogens with zero attached hydrogens (tertiary/aromatic N) is 12. The first-order chi connectivity index (χ1) is 34.2. The second kappa shape index (κ2) is 19.5. The van der Waals surface area contributed by atoms with E-state index in [0.717, 1.165) is 66.8 Å². The van der Waals surface area contributed by atoms with Crippen molar-refractivity contribution >= 4 is 0 Å². The average molecular weight is 977 g/mol. The summed E-state index contributed by atoms with van der Waals surface area (Å²) in [6, 6.07) is 18.1. The molecule has 0 saturated heterocycles. The van der Waals surface area contributed by atoms with Crippen molar-refractivity contribution in [2.24, 2.45) is 0 Å². The minimum Gasteiger partial charge on any atom is -0.485 e. The van der Waals surface area contributed by atoms with Crippen LogP contribution in [0.1, 0.15) is 173 Å². The standard InChI is InChI=1S/C52H64N16O4/c1-49(2,3)37-17-29-13-31-19-38(50(4,5)6)21-33(46(31)70-26-42-55-63-64-56-42)15-35-23-40(52(10,11)12)24-36(48(35)72-28-44-59-67-68-60-44)16-34-22-39(51(7,8)9)20-32(47(34)71-27-43-57-65-66-58-43)14-30(18-37)45(29)69-25-41-53-61-62-54-41/h17-24H,13-16,25-28H2,1-12H3,(H,53,54,61,62)(H,55,56,63,64)(H,57,58,65,66)(H,59,60,67,68). The van der Waals surface area contributed by atoms with Gasteiger partial charge in [-0.05, 0) is 88.4 Å². The molecule has 9 rings (SSSR count). The van der Waals surface area contributed by atoms with Crippen LogP contribution in [0.15, 0.2) is 48.5 Å². The maximum Gasteiger partial charge on any atom is 0.211 e. The summed E-state index contributed by atoms with van der Waals surface area (Å²) in [7, 11) is 0. The molecule has 20 heteroatoms. The fourth-order valence-corrected chi connectivity index (χ4v) is 8.88. The summed E-state index contributed by atoms with van der Waals surface area (Å²) >= 11 is 0.